The van der Waals surface area contributed by atoms with Crippen LogP contribution >= 0.6 is 0 Å². The van der Waals surface area contributed by atoms with Crippen LogP contribution in [0.2, 0.25) is 0 Å². The number of carbonyl (C=O) groups is 1. The quantitative estimate of drug-likeness (QED) is 0.804. The number of hydrogen-bond acceptors (Lipinski definition) is 3. The summed E-state index contributed by atoms with van der Waals surface area (Å²) in [6, 6.07) is 14.0. The fourth-order valence-electron chi connectivity index (χ4n) is 1.62. The van der Waals surface area contributed by atoms with Gasteiger partial charge in [-0.2, -0.15) is 0 Å². The molecular weight excluding hydrogens is 216 g/mol. The summed E-state index contributed by atoms with van der Waals surface area (Å²) < 4.78 is 4.62. The molecule has 2 aromatic rings. The van der Waals surface area contributed by atoms with Crippen molar-refractivity contribution in [2.24, 2.45) is 0 Å². The predicted molar refractivity (Wildman–Crippen MR) is 64.9 cm³/mol. The van der Waals surface area contributed by atoms with Gasteiger partial charge in [-0.25, -0.2) is 4.79 Å². The standard InChI is InChI=1S/C14H12O3/c1-17-14(16)11-8-6-10(7-9-11)12-4-2-3-5-13(12)15/h2-9,15H,1H3. The average Bonchev–Trinajstić information content (AvgIpc) is 2.39. The molecule has 17 heavy (non-hydrogen) atoms. The Balaban J connectivity index is 2.36. The van der Waals surface area contributed by atoms with Crippen LogP contribution < -0.4 is 0 Å². The summed E-state index contributed by atoms with van der Waals surface area (Å²) in [6.45, 7) is 0. The number of carbonyl (C=O) groups excluding carboxylic acids is 1. The van der Waals surface area contributed by atoms with Crippen molar-refractivity contribution < 1.29 is 14.6 Å². The lowest BCUT2D eigenvalue weighted by Gasteiger charge is -2.05. The number of benzene rings is 2. The molecule has 0 heterocycles. The van der Waals surface area contributed by atoms with Crippen LogP contribution in [0.4, 0.5) is 0 Å². The number of hydrogen-bond donors (Lipinski definition) is 1. The molecule has 0 fully saturated rings. The Labute approximate surface area is 99.3 Å². The lowest BCUT2D eigenvalue weighted by atomic mass is 10.0. The molecule has 3 nitrogen and oxygen atoms in total. The monoisotopic (exact) mass is 228 g/mol. The van der Waals surface area contributed by atoms with Gasteiger partial charge in [0.15, 0.2) is 0 Å². The molecule has 2 aromatic carbocycles. The number of rotatable bonds is 2. The van der Waals surface area contributed by atoms with E-state index in [4.69, 9.17) is 0 Å². The number of esters is 1. The zero-order chi connectivity index (χ0) is 12.3. The molecular formula is C14H12O3. The van der Waals surface area contributed by atoms with E-state index >= 15 is 0 Å². The van der Waals surface area contributed by atoms with Crippen LogP contribution in [0.1, 0.15) is 10.4 Å². The zero-order valence-electron chi connectivity index (χ0n) is 9.38. The summed E-state index contributed by atoms with van der Waals surface area (Å²) >= 11 is 0. The van der Waals surface area contributed by atoms with E-state index in [2.05, 4.69) is 4.74 Å². The summed E-state index contributed by atoms with van der Waals surface area (Å²) in [5.41, 5.74) is 2.09. The molecule has 0 spiro atoms. The van der Waals surface area contributed by atoms with E-state index in [1.54, 1.807) is 36.4 Å². The van der Waals surface area contributed by atoms with Crippen LogP contribution in [0.25, 0.3) is 11.1 Å². The molecule has 0 saturated carbocycles. The van der Waals surface area contributed by atoms with Gasteiger partial charge in [0.2, 0.25) is 0 Å². The molecule has 0 aliphatic rings. The third kappa shape index (κ3) is 2.28. The van der Waals surface area contributed by atoms with Gasteiger partial charge in [0, 0.05) is 5.56 Å². The first kappa shape index (κ1) is 11.2. The first-order valence-corrected chi connectivity index (χ1v) is 5.19. The third-order valence-electron chi connectivity index (χ3n) is 2.52. The molecule has 86 valence electrons. The molecule has 1 N–H and O–H groups in total. The Hall–Kier alpha value is -2.29. The van der Waals surface area contributed by atoms with Crippen molar-refractivity contribution in [1.82, 2.24) is 0 Å². The molecule has 0 bridgehead atoms. The summed E-state index contributed by atoms with van der Waals surface area (Å²) in [7, 11) is 1.35. The van der Waals surface area contributed by atoms with Crippen LogP contribution in [-0.2, 0) is 4.74 Å². The maximum absolute atomic E-state index is 11.3. The Morgan fingerprint density at radius 3 is 2.29 bits per heavy atom. The molecule has 0 aliphatic carbocycles. The van der Waals surface area contributed by atoms with Crippen molar-refractivity contribution in [3.8, 4) is 16.9 Å². The number of phenolic OH excluding ortho intramolecular Hbond substituents is 1. The van der Waals surface area contributed by atoms with Crippen LogP contribution in [0, 0.1) is 0 Å². The molecule has 0 aliphatic heterocycles. The van der Waals surface area contributed by atoms with Gasteiger partial charge in [-0.05, 0) is 23.8 Å². The van der Waals surface area contributed by atoms with E-state index in [1.165, 1.54) is 7.11 Å². The van der Waals surface area contributed by atoms with Gasteiger partial charge in [-0.15, -0.1) is 0 Å². The van der Waals surface area contributed by atoms with Gasteiger partial charge in [0.05, 0.1) is 12.7 Å². The maximum Gasteiger partial charge on any atom is 0.337 e. The topological polar surface area (TPSA) is 46.5 Å². The van der Waals surface area contributed by atoms with Crippen molar-refractivity contribution in [3.63, 3.8) is 0 Å². The van der Waals surface area contributed by atoms with E-state index in [0.717, 1.165) is 11.1 Å². The first-order chi connectivity index (χ1) is 8.22. The third-order valence-corrected chi connectivity index (χ3v) is 2.52. The minimum Gasteiger partial charge on any atom is -0.507 e. The van der Waals surface area contributed by atoms with Crippen LogP contribution in [0.3, 0.4) is 0 Å². The molecule has 0 saturated heterocycles. The molecule has 0 amide bonds. The highest BCUT2D eigenvalue weighted by molar-refractivity contribution is 5.90. The van der Waals surface area contributed by atoms with Crippen LogP contribution in [-0.4, -0.2) is 18.2 Å². The van der Waals surface area contributed by atoms with Crippen LogP contribution in [0.5, 0.6) is 5.75 Å². The number of phenols is 1. The number of para-hydroxylation sites is 1. The van der Waals surface area contributed by atoms with Crippen molar-refractivity contribution in [2.45, 2.75) is 0 Å². The highest BCUT2D eigenvalue weighted by Crippen LogP contribution is 2.28. The molecule has 0 atom stereocenters. The van der Waals surface area contributed by atoms with E-state index in [9.17, 15) is 9.90 Å². The Kier molecular flexibility index (Phi) is 3.10. The molecule has 3 heteroatoms. The van der Waals surface area contributed by atoms with E-state index in [0.29, 0.717) is 5.56 Å². The van der Waals surface area contributed by atoms with Crippen molar-refractivity contribution in [2.75, 3.05) is 7.11 Å². The van der Waals surface area contributed by atoms with Crippen LogP contribution in [0.15, 0.2) is 48.5 Å². The summed E-state index contributed by atoms with van der Waals surface area (Å²) in [5, 5.41) is 9.70. The van der Waals surface area contributed by atoms with E-state index in [1.807, 2.05) is 12.1 Å². The van der Waals surface area contributed by atoms with Gasteiger partial charge < -0.3 is 9.84 Å². The van der Waals surface area contributed by atoms with Gasteiger partial charge in [-0.1, -0.05) is 30.3 Å². The highest BCUT2D eigenvalue weighted by atomic mass is 16.5. The van der Waals surface area contributed by atoms with Gasteiger partial charge in [0.1, 0.15) is 5.75 Å². The Bertz CT molecular complexity index is 529. The fraction of sp³-hybridized carbons (Fsp3) is 0.0714. The van der Waals surface area contributed by atoms with Gasteiger partial charge >= 0.3 is 5.97 Å². The van der Waals surface area contributed by atoms with Gasteiger partial charge in [-0.3, -0.25) is 0 Å². The lowest BCUT2D eigenvalue weighted by molar-refractivity contribution is 0.0601. The Morgan fingerprint density at radius 2 is 1.71 bits per heavy atom. The first-order valence-electron chi connectivity index (χ1n) is 5.19. The fourth-order valence-corrected chi connectivity index (χ4v) is 1.62. The summed E-state index contributed by atoms with van der Waals surface area (Å²) in [4.78, 5) is 11.3. The molecule has 2 rings (SSSR count). The van der Waals surface area contributed by atoms with Gasteiger partial charge in [0.25, 0.3) is 0 Å². The Morgan fingerprint density at radius 1 is 1.06 bits per heavy atom. The minimum atomic E-state index is -0.367. The van der Waals surface area contributed by atoms with E-state index < -0.39 is 0 Å². The SMILES string of the molecule is COC(=O)c1ccc(-c2ccccc2O)cc1. The minimum absolute atomic E-state index is 0.221. The van der Waals surface area contributed by atoms with Crippen molar-refractivity contribution in [1.29, 1.82) is 0 Å². The molecule has 0 aromatic heterocycles. The summed E-state index contributed by atoms with van der Waals surface area (Å²) in [5.74, 6) is -0.146. The molecule has 0 unspecified atom stereocenters. The highest BCUT2D eigenvalue weighted by Gasteiger charge is 2.06. The smallest absolute Gasteiger partial charge is 0.337 e. The number of ether oxygens (including phenoxy) is 1. The second-order valence-corrected chi connectivity index (χ2v) is 3.59. The number of methoxy groups -OCH3 is 1. The predicted octanol–water partition coefficient (Wildman–Crippen LogP) is 2.85. The van der Waals surface area contributed by atoms with Crippen molar-refractivity contribution >= 4 is 5.97 Å². The van der Waals surface area contributed by atoms with E-state index in [-0.39, 0.29) is 11.7 Å². The zero-order valence-corrected chi connectivity index (χ0v) is 9.38. The number of aromatic hydroxyl groups is 1. The molecule has 0 radical (unpaired) electrons. The maximum atomic E-state index is 11.3. The lowest BCUT2D eigenvalue weighted by Crippen LogP contribution is -2.00. The normalized spacial score (nSPS) is 9.94. The van der Waals surface area contributed by atoms with Crippen molar-refractivity contribution in [3.05, 3.63) is 54.1 Å². The largest absolute Gasteiger partial charge is 0.507 e. The second kappa shape index (κ2) is 4.70. The second-order valence-electron chi connectivity index (χ2n) is 3.59. The average molecular weight is 228 g/mol. The summed E-state index contributed by atoms with van der Waals surface area (Å²) in [6.07, 6.45) is 0.